The molecule has 6 nitrogen and oxygen atoms in total. The lowest BCUT2D eigenvalue weighted by Gasteiger charge is -2.24. The second-order valence-electron chi connectivity index (χ2n) is 5.99. The average Bonchev–Trinajstić information content (AvgIpc) is 2.68. The largest absolute Gasteiger partial charge is 0.497 e. The molecule has 9 heteroatoms. The summed E-state index contributed by atoms with van der Waals surface area (Å²) in [6.45, 7) is -2.05. The Kier molecular flexibility index (Phi) is 5.34. The van der Waals surface area contributed by atoms with Gasteiger partial charge in [0.2, 0.25) is 5.91 Å². The molecule has 0 saturated carbocycles. The molecule has 0 radical (unpaired) electrons. The maximum Gasteiger partial charge on any atom is 0.406 e. The third-order valence-corrected chi connectivity index (χ3v) is 4.06. The molecule has 146 valence electrons. The zero-order chi connectivity index (χ0) is 20.3. The highest BCUT2D eigenvalue weighted by molar-refractivity contribution is 5.93. The van der Waals surface area contributed by atoms with Crippen LogP contribution in [0.5, 0.6) is 5.75 Å². The van der Waals surface area contributed by atoms with Crippen molar-refractivity contribution in [2.24, 2.45) is 0 Å². The molecule has 0 fully saturated rings. The van der Waals surface area contributed by atoms with Crippen LogP contribution >= 0.6 is 0 Å². The Morgan fingerprint density at radius 2 is 1.82 bits per heavy atom. The molecule has 0 N–H and O–H groups in total. The number of benzene rings is 2. The lowest BCUT2D eigenvalue weighted by molar-refractivity contribution is -0.132. The Hall–Kier alpha value is -3.36. The number of fused-ring (bicyclic) bond motifs is 1. The van der Waals surface area contributed by atoms with E-state index >= 15 is 0 Å². The predicted octanol–water partition coefficient (Wildman–Crippen LogP) is 3.00. The number of carbonyl (C=O) groups is 1. The van der Waals surface area contributed by atoms with E-state index in [1.807, 2.05) is 0 Å². The van der Waals surface area contributed by atoms with Crippen molar-refractivity contribution in [3.05, 3.63) is 65.2 Å². The van der Waals surface area contributed by atoms with Crippen LogP contribution < -0.4 is 15.2 Å². The van der Waals surface area contributed by atoms with Gasteiger partial charge in [0.05, 0.1) is 24.3 Å². The van der Waals surface area contributed by atoms with Gasteiger partial charge in [0.1, 0.15) is 18.8 Å². The summed E-state index contributed by atoms with van der Waals surface area (Å²) in [6, 6.07) is 12.1. The molecule has 0 aliphatic rings. The molecule has 0 spiro atoms. The van der Waals surface area contributed by atoms with E-state index in [2.05, 4.69) is 4.98 Å². The quantitative estimate of drug-likeness (QED) is 0.671. The van der Waals surface area contributed by atoms with E-state index in [0.717, 1.165) is 10.9 Å². The highest BCUT2D eigenvalue weighted by atomic mass is 19.4. The number of carbonyl (C=O) groups excluding carboxylic acids is 1. The lowest BCUT2D eigenvalue weighted by atomic mass is 10.2. The summed E-state index contributed by atoms with van der Waals surface area (Å²) in [6.07, 6.45) is -3.45. The van der Waals surface area contributed by atoms with Gasteiger partial charge in [0.25, 0.3) is 5.56 Å². The summed E-state index contributed by atoms with van der Waals surface area (Å²) >= 11 is 0. The Morgan fingerprint density at radius 3 is 2.46 bits per heavy atom. The number of hydrogen-bond donors (Lipinski definition) is 0. The van der Waals surface area contributed by atoms with Crippen LogP contribution in [0, 0.1) is 0 Å². The first-order chi connectivity index (χ1) is 13.3. The van der Waals surface area contributed by atoms with Crippen LogP contribution in [0.25, 0.3) is 10.9 Å². The molecule has 3 rings (SSSR count). The van der Waals surface area contributed by atoms with Gasteiger partial charge in [-0.3, -0.25) is 14.2 Å². The molecule has 3 aromatic rings. The fraction of sp³-hybridized carbons (Fsp3) is 0.211. The highest BCUT2D eigenvalue weighted by Gasteiger charge is 2.34. The van der Waals surface area contributed by atoms with Crippen molar-refractivity contribution in [1.82, 2.24) is 9.55 Å². The van der Waals surface area contributed by atoms with Crippen LogP contribution in [0.1, 0.15) is 0 Å². The summed E-state index contributed by atoms with van der Waals surface area (Å²) in [4.78, 5) is 29.8. The van der Waals surface area contributed by atoms with Crippen molar-refractivity contribution in [2.75, 3.05) is 18.6 Å². The normalized spacial score (nSPS) is 11.4. The monoisotopic (exact) mass is 391 g/mol. The molecule has 0 aliphatic carbocycles. The smallest absolute Gasteiger partial charge is 0.406 e. The summed E-state index contributed by atoms with van der Waals surface area (Å²) in [5, 5.41) is 0.282. The summed E-state index contributed by atoms with van der Waals surface area (Å²) in [5.41, 5.74) is -0.0101. The summed E-state index contributed by atoms with van der Waals surface area (Å²) in [5.74, 6) is -0.445. The number of amides is 1. The number of aromatic nitrogens is 2. The molecule has 1 aromatic heterocycles. The first-order valence-electron chi connectivity index (χ1n) is 8.24. The van der Waals surface area contributed by atoms with Crippen LogP contribution in [-0.2, 0) is 11.3 Å². The van der Waals surface area contributed by atoms with Gasteiger partial charge in [0, 0.05) is 5.69 Å². The van der Waals surface area contributed by atoms with E-state index in [1.165, 1.54) is 31.4 Å². The van der Waals surface area contributed by atoms with Crippen LogP contribution in [0.2, 0.25) is 0 Å². The topological polar surface area (TPSA) is 64.4 Å². The van der Waals surface area contributed by atoms with Gasteiger partial charge in [-0.2, -0.15) is 13.2 Å². The summed E-state index contributed by atoms with van der Waals surface area (Å²) < 4.78 is 45.1. The van der Waals surface area contributed by atoms with Gasteiger partial charge < -0.3 is 9.64 Å². The number of hydrogen-bond acceptors (Lipinski definition) is 4. The molecule has 0 aliphatic heterocycles. The molecule has 0 unspecified atom stereocenters. The van der Waals surface area contributed by atoms with Gasteiger partial charge in [0.15, 0.2) is 0 Å². The Bertz CT molecular complexity index is 1050. The van der Waals surface area contributed by atoms with Crippen molar-refractivity contribution in [1.29, 1.82) is 0 Å². The number of rotatable bonds is 5. The molecular weight excluding hydrogens is 375 g/mol. The van der Waals surface area contributed by atoms with Gasteiger partial charge in [-0.1, -0.05) is 12.1 Å². The van der Waals surface area contributed by atoms with E-state index in [-0.39, 0.29) is 11.1 Å². The maximum absolute atomic E-state index is 13.0. The predicted molar refractivity (Wildman–Crippen MR) is 97.4 cm³/mol. The highest BCUT2D eigenvalue weighted by Crippen LogP contribution is 2.24. The van der Waals surface area contributed by atoms with Crippen molar-refractivity contribution in [2.45, 2.75) is 12.7 Å². The van der Waals surface area contributed by atoms with Crippen molar-refractivity contribution >= 4 is 22.5 Å². The summed E-state index contributed by atoms with van der Waals surface area (Å²) in [7, 11) is 1.42. The van der Waals surface area contributed by atoms with Crippen molar-refractivity contribution < 1.29 is 22.7 Å². The third-order valence-electron chi connectivity index (χ3n) is 4.06. The van der Waals surface area contributed by atoms with Crippen LogP contribution in [-0.4, -0.2) is 35.3 Å². The van der Waals surface area contributed by atoms with Gasteiger partial charge in [-0.05, 0) is 36.4 Å². The number of nitrogens with zero attached hydrogens (tertiary/aromatic N) is 3. The van der Waals surface area contributed by atoms with Crippen LogP contribution in [0.3, 0.4) is 0 Å². The number of anilines is 1. The first kappa shape index (κ1) is 19.4. The Morgan fingerprint density at radius 1 is 1.14 bits per heavy atom. The first-order valence-corrected chi connectivity index (χ1v) is 8.24. The number of para-hydroxylation sites is 1. The third kappa shape index (κ3) is 4.30. The molecule has 28 heavy (non-hydrogen) atoms. The van der Waals surface area contributed by atoms with E-state index in [4.69, 9.17) is 4.74 Å². The SMILES string of the molecule is COc1ccc(N(CC(F)(F)F)C(=O)Cn2cnc3ccccc3c2=O)cc1. The fourth-order valence-electron chi connectivity index (χ4n) is 2.71. The zero-order valence-corrected chi connectivity index (χ0v) is 14.8. The Balaban J connectivity index is 1.93. The Labute approximate surface area is 157 Å². The molecule has 1 amide bonds. The molecule has 0 saturated heterocycles. The molecule has 0 atom stereocenters. The number of ether oxygens (including phenoxy) is 1. The van der Waals surface area contributed by atoms with Gasteiger partial charge in [-0.25, -0.2) is 4.98 Å². The zero-order valence-electron chi connectivity index (χ0n) is 14.8. The van der Waals surface area contributed by atoms with Crippen LogP contribution in [0.4, 0.5) is 18.9 Å². The minimum atomic E-state index is -4.61. The van der Waals surface area contributed by atoms with E-state index in [0.29, 0.717) is 16.2 Å². The molecular formula is C19H16F3N3O3. The van der Waals surface area contributed by atoms with E-state index < -0.39 is 30.7 Å². The second kappa shape index (κ2) is 7.71. The van der Waals surface area contributed by atoms with Gasteiger partial charge in [-0.15, -0.1) is 0 Å². The van der Waals surface area contributed by atoms with Gasteiger partial charge >= 0.3 is 6.18 Å². The van der Waals surface area contributed by atoms with Crippen molar-refractivity contribution in [3.8, 4) is 5.75 Å². The average molecular weight is 391 g/mol. The maximum atomic E-state index is 13.0. The molecule has 0 bridgehead atoms. The standard InChI is InChI=1S/C19H16F3N3O3/c1-28-14-8-6-13(7-9-14)25(11-19(20,21)22)17(26)10-24-12-23-16-5-3-2-4-15(16)18(24)27/h2-9,12H,10-11H2,1H3. The van der Waals surface area contributed by atoms with E-state index in [9.17, 15) is 22.8 Å². The van der Waals surface area contributed by atoms with Crippen LogP contribution in [0.15, 0.2) is 59.7 Å². The number of halogens is 3. The fourth-order valence-corrected chi connectivity index (χ4v) is 2.71. The molecule has 1 heterocycles. The lowest BCUT2D eigenvalue weighted by Crippen LogP contribution is -2.42. The minimum Gasteiger partial charge on any atom is -0.497 e. The molecule has 2 aromatic carbocycles. The number of methoxy groups -OCH3 is 1. The van der Waals surface area contributed by atoms with E-state index in [1.54, 1.807) is 24.3 Å². The van der Waals surface area contributed by atoms with Crippen molar-refractivity contribution in [3.63, 3.8) is 0 Å². The second-order valence-corrected chi connectivity index (χ2v) is 5.99. The minimum absolute atomic E-state index is 0.0462. The number of alkyl halides is 3.